The van der Waals surface area contributed by atoms with Gasteiger partial charge in [0.1, 0.15) is 6.17 Å². The van der Waals surface area contributed by atoms with Gasteiger partial charge in [-0.2, -0.15) is 0 Å². The third kappa shape index (κ3) is 2.77. The molecule has 1 aromatic heterocycles. The molecule has 16 heavy (non-hydrogen) atoms. The van der Waals surface area contributed by atoms with Gasteiger partial charge in [-0.3, -0.25) is 4.98 Å². The summed E-state index contributed by atoms with van der Waals surface area (Å²) in [6.45, 7) is 2.27. The smallest absolute Gasteiger partial charge is 0.114 e. The lowest BCUT2D eigenvalue weighted by atomic mass is 10.0. The van der Waals surface area contributed by atoms with Crippen molar-refractivity contribution in [3.63, 3.8) is 0 Å². The Bertz CT molecular complexity index is 359. The highest BCUT2D eigenvalue weighted by molar-refractivity contribution is 5.11. The van der Waals surface area contributed by atoms with Crippen LogP contribution in [0.25, 0.3) is 0 Å². The topological polar surface area (TPSA) is 45.1 Å². The van der Waals surface area contributed by atoms with Crippen LogP contribution < -0.4 is 5.32 Å². The molecule has 0 aliphatic carbocycles. The highest BCUT2D eigenvalue weighted by Gasteiger charge is 2.29. The molecular formula is C12H17FN2O. The number of rotatable bonds is 3. The van der Waals surface area contributed by atoms with E-state index in [1.807, 2.05) is 25.1 Å². The minimum absolute atomic E-state index is 0.141. The Kier molecular flexibility index (Phi) is 3.51. The van der Waals surface area contributed by atoms with Gasteiger partial charge in [0.05, 0.1) is 6.10 Å². The van der Waals surface area contributed by atoms with Gasteiger partial charge in [-0.15, -0.1) is 0 Å². The molecule has 1 saturated heterocycles. The summed E-state index contributed by atoms with van der Waals surface area (Å²) >= 11 is 0. The normalized spacial score (nSPS) is 26.9. The fourth-order valence-corrected chi connectivity index (χ4v) is 2.08. The van der Waals surface area contributed by atoms with Crippen LogP contribution in [0.15, 0.2) is 18.2 Å². The van der Waals surface area contributed by atoms with Crippen LogP contribution in [0.2, 0.25) is 0 Å². The van der Waals surface area contributed by atoms with E-state index < -0.39 is 12.3 Å². The molecule has 1 unspecified atom stereocenters. The van der Waals surface area contributed by atoms with Crippen molar-refractivity contribution in [2.75, 3.05) is 6.54 Å². The summed E-state index contributed by atoms with van der Waals surface area (Å²) in [4.78, 5) is 4.32. The lowest BCUT2D eigenvalue weighted by molar-refractivity contribution is 0.132. The monoisotopic (exact) mass is 224 g/mol. The number of nitrogens with zero attached hydrogens (tertiary/aromatic N) is 1. The number of hydrogen-bond donors (Lipinski definition) is 2. The van der Waals surface area contributed by atoms with E-state index in [1.165, 1.54) is 0 Å². The maximum absolute atomic E-state index is 12.9. The zero-order valence-electron chi connectivity index (χ0n) is 9.36. The quantitative estimate of drug-likeness (QED) is 0.805. The fourth-order valence-electron chi connectivity index (χ4n) is 2.08. The van der Waals surface area contributed by atoms with E-state index in [2.05, 4.69) is 10.3 Å². The Labute approximate surface area is 94.7 Å². The van der Waals surface area contributed by atoms with Crippen molar-refractivity contribution in [3.05, 3.63) is 29.6 Å². The first-order valence-corrected chi connectivity index (χ1v) is 5.63. The molecule has 0 saturated carbocycles. The van der Waals surface area contributed by atoms with Crippen molar-refractivity contribution in [1.82, 2.24) is 10.3 Å². The number of aromatic nitrogens is 1. The first-order valence-electron chi connectivity index (χ1n) is 5.63. The summed E-state index contributed by atoms with van der Waals surface area (Å²) < 4.78 is 12.9. The van der Waals surface area contributed by atoms with E-state index in [-0.39, 0.29) is 6.04 Å². The lowest BCUT2D eigenvalue weighted by Gasteiger charge is -2.17. The van der Waals surface area contributed by atoms with Crippen LogP contribution in [0.5, 0.6) is 0 Å². The van der Waals surface area contributed by atoms with E-state index in [9.17, 15) is 9.50 Å². The zero-order valence-corrected chi connectivity index (χ0v) is 9.36. The van der Waals surface area contributed by atoms with Crippen molar-refractivity contribution in [1.29, 1.82) is 0 Å². The molecule has 1 aromatic rings. The first-order chi connectivity index (χ1) is 7.65. The molecule has 4 heteroatoms. The lowest BCUT2D eigenvalue weighted by Crippen LogP contribution is -2.36. The standard InChI is InChI=1S/C12H17FN2O/c1-8-3-2-4-10(15-8)6-12(16)11-5-9(13)7-14-11/h2-4,9,11-12,14,16H,5-7H2,1H3/t9-,11?,12+/m1/s1. The minimum atomic E-state index is -0.829. The molecule has 2 heterocycles. The summed E-state index contributed by atoms with van der Waals surface area (Å²) in [5, 5.41) is 12.9. The molecule has 2 N–H and O–H groups in total. The fraction of sp³-hybridized carbons (Fsp3) is 0.583. The van der Waals surface area contributed by atoms with E-state index in [1.54, 1.807) is 0 Å². The molecule has 1 aliphatic heterocycles. The summed E-state index contributed by atoms with van der Waals surface area (Å²) in [5.41, 5.74) is 1.80. The third-order valence-electron chi connectivity index (χ3n) is 2.94. The van der Waals surface area contributed by atoms with Crippen LogP contribution in [0.4, 0.5) is 4.39 Å². The molecule has 3 nitrogen and oxygen atoms in total. The van der Waals surface area contributed by atoms with Crippen molar-refractivity contribution in [3.8, 4) is 0 Å². The molecule has 0 radical (unpaired) electrons. The Morgan fingerprint density at radius 1 is 1.62 bits per heavy atom. The van der Waals surface area contributed by atoms with Gasteiger partial charge in [0.2, 0.25) is 0 Å². The van der Waals surface area contributed by atoms with Gasteiger partial charge < -0.3 is 10.4 Å². The van der Waals surface area contributed by atoms with Gasteiger partial charge in [-0.05, 0) is 25.5 Å². The molecule has 0 bridgehead atoms. The number of halogens is 1. The SMILES string of the molecule is Cc1cccc(C[C@H](O)C2C[C@@H](F)CN2)n1. The number of aliphatic hydroxyl groups is 1. The largest absolute Gasteiger partial charge is 0.391 e. The molecule has 88 valence electrons. The number of aliphatic hydroxyl groups excluding tert-OH is 1. The van der Waals surface area contributed by atoms with Crippen LogP contribution in [0, 0.1) is 6.92 Å². The number of alkyl halides is 1. The number of hydrogen-bond acceptors (Lipinski definition) is 3. The van der Waals surface area contributed by atoms with E-state index in [0.717, 1.165) is 11.4 Å². The summed E-state index contributed by atoms with van der Waals surface area (Å²) in [6, 6.07) is 5.58. The third-order valence-corrected chi connectivity index (χ3v) is 2.94. The van der Waals surface area contributed by atoms with Gasteiger partial charge >= 0.3 is 0 Å². The van der Waals surface area contributed by atoms with E-state index in [0.29, 0.717) is 19.4 Å². The van der Waals surface area contributed by atoms with Crippen LogP contribution in [-0.2, 0) is 6.42 Å². The van der Waals surface area contributed by atoms with Crippen LogP contribution in [0.3, 0.4) is 0 Å². The van der Waals surface area contributed by atoms with E-state index in [4.69, 9.17) is 0 Å². The average molecular weight is 224 g/mol. The minimum Gasteiger partial charge on any atom is -0.391 e. The van der Waals surface area contributed by atoms with Gasteiger partial charge in [-0.25, -0.2) is 4.39 Å². The summed E-state index contributed by atoms with van der Waals surface area (Å²) in [7, 11) is 0. The van der Waals surface area contributed by atoms with Crippen LogP contribution in [-0.4, -0.2) is 35.0 Å². The molecule has 0 spiro atoms. The van der Waals surface area contributed by atoms with Crippen LogP contribution in [0.1, 0.15) is 17.8 Å². The predicted octanol–water partition coefficient (Wildman–Crippen LogP) is 0.993. The zero-order chi connectivity index (χ0) is 11.5. The molecule has 0 amide bonds. The van der Waals surface area contributed by atoms with Crippen molar-refractivity contribution >= 4 is 0 Å². The Morgan fingerprint density at radius 3 is 3.06 bits per heavy atom. The Hall–Kier alpha value is -1.00. The molecule has 1 aliphatic rings. The molecular weight excluding hydrogens is 207 g/mol. The second kappa shape index (κ2) is 4.89. The molecule has 2 rings (SSSR count). The Morgan fingerprint density at radius 2 is 2.44 bits per heavy atom. The Balaban J connectivity index is 1.94. The van der Waals surface area contributed by atoms with Crippen LogP contribution >= 0.6 is 0 Å². The van der Waals surface area contributed by atoms with Gasteiger partial charge in [0.25, 0.3) is 0 Å². The van der Waals surface area contributed by atoms with Gasteiger partial charge in [0.15, 0.2) is 0 Å². The van der Waals surface area contributed by atoms with Gasteiger partial charge in [0, 0.05) is 30.4 Å². The first kappa shape index (κ1) is 11.5. The number of pyridine rings is 1. The van der Waals surface area contributed by atoms with Crippen molar-refractivity contribution < 1.29 is 9.50 Å². The molecule has 3 atom stereocenters. The maximum Gasteiger partial charge on any atom is 0.114 e. The summed E-state index contributed by atoms with van der Waals surface area (Å²) in [5.74, 6) is 0. The summed E-state index contributed by atoms with van der Waals surface area (Å²) in [6.07, 6.45) is -0.515. The predicted molar refractivity (Wildman–Crippen MR) is 60.0 cm³/mol. The van der Waals surface area contributed by atoms with E-state index >= 15 is 0 Å². The number of nitrogens with one attached hydrogen (secondary N) is 1. The van der Waals surface area contributed by atoms with Gasteiger partial charge in [-0.1, -0.05) is 6.07 Å². The average Bonchev–Trinajstić information content (AvgIpc) is 2.65. The highest BCUT2D eigenvalue weighted by atomic mass is 19.1. The number of aryl methyl sites for hydroxylation is 1. The molecule has 1 fully saturated rings. The second-order valence-electron chi connectivity index (χ2n) is 4.39. The van der Waals surface area contributed by atoms with Crippen molar-refractivity contribution in [2.24, 2.45) is 0 Å². The second-order valence-corrected chi connectivity index (χ2v) is 4.39. The molecule has 0 aromatic carbocycles. The van der Waals surface area contributed by atoms with Crippen molar-refractivity contribution in [2.45, 2.75) is 38.1 Å². The maximum atomic E-state index is 12.9. The highest BCUT2D eigenvalue weighted by Crippen LogP contribution is 2.15.